The second kappa shape index (κ2) is 8.04. The largest absolute Gasteiger partial charge is 0.325 e. The monoisotopic (exact) mass is 446 g/mol. The molecule has 0 bridgehead atoms. The predicted octanol–water partition coefficient (Wildman–Crippen LogP) is 3.83. The minimum atomic E-state index is -3.70. The van der Waals surface area contributed by atoms with Crippen LogP contribution in [0.5, 0.6) is 0 Å². The standard InChI is InChI=1S/C22H23ClN2O4S/c1-14(12-21(26)24-19-5-3-2-4-18(19)23)30(28,29)17-8-9-20-16(13-17)10-11-25(20)22(27)15-6-7-15/h2-5,8-9,13-15H,6-7,10-12H2,1H3,(H,24,26). The molecule has 1 N–H and O–H groups in total. The maximum atomic E-state index is 13.0. The maximum absolute atomic E-state index is 13.0. The zero-order valence-corrected chi connectivity index (χ0v) is 18.2. The fraction of sp³-hybridized carbons (Fsp3) is 0.364. The highest BCUT2D eigenvalue weighted by atomic mass is 35.5. The second-order valence-corrected chi connectivity index (χ2v) is 10.7. The molecule has 1 aliphatic heterocycles. The third-order valence-corrected chi connectivity index (χ3v) is 8.08. The van der Waals surface area contributed by atoms with Crippen LogP contribution in [0.1, 0.15) is 31.7 Å². The summed E-state index contributed by atoms with van der Waals surface area (Å²) in [4.78, 5) is 26.7. The molecule has 1 atom stereocenters. The second-order valence-electron chi connectivity index (χ2n) is 7.89. The molecule has 1 heterocycles. The van der Waals surface area contributed by atoms with Crippen LogP contribution in [0.2, 0.25) is 5.02 Å². The van der Waals surface area contributed by atoms with Gasteiger partial charge in [-0.3, -0.25) is 9.59 Å². The van der Waals surface area contributed by atoms with E-state index in [1.165, 1.54) is 13.0 Å². The maximum Gasteiger partial charge on any atom is 0.230 e. The van der Waals surface area contributed by atoms with E-state index in [2.05, 4.69) is 5.32 Å². The van der Waals surface area contributed by atoms with E-state index in [1.54, 1.807) is 41.3 Å². The molecule has 1 saturated carbocycles. The highest BCUT2D eigenvalue weighted by molar-refractivity contribution is 7.92. The molecule has 0 saturated heterocycles. The number of hydrogen-bond acceptors (Lipinski definition) is 4. The summed E-state index contributed by atoms with van der Waals surface area (Å²) in [5.74, 6) is -0.161. The number of benzene rings is 2. The van der Waals surface area contributed by atoms with E-state index in [-0.39, 0.29) is 23.1 Å². The van der Waals surface area contributed by atoms with E-state index in [0.717, 1.165) is 24.1 Å². The molecule has 2 aromatic carbocycles. The van der Waals surface area contributed by atoms with Gasteiger partial charge in [0.1, 0.15) is 0 Å². The Labute approximate surface area is 181 Å². The Balaban J connectivity index is 1.47. The number of nitrogens with one attached hydrogen (secondary N) is 1. The first kappa shape index (κ1) is 20.9. The number of amides is 2. The van der Waals surface area contributed by atoms with Crippen molar-refractivity contribution < 1.29 is 18.0 Å². The summed E-state index contributed by atoms with van der Waals surface area (Å²) in [6.07, 6.45) is 2.32. The topological polar surface area (TPSA) is 83.6 Å². The number of hydrogen-bond donors (Lipinski definition) is 1. The average Bonchev–Trinajstić information content (AvgIpc) is 3.48. The normalized spacial score (nSPS) is 16.8. The van der Waals surface area contributed by atoms with E-state index in [0.29, 0.717) is 23.7 Å². The Kier molecular flexibility index (Phi) is 5.59. The number of anilines is 2. The highest BCUT2D eigenvalue weighted by Gasteiger charge is 2.37. The Morgan fingerprint density at radius 1 is 1.20 bits per heavy atom. The predicted molar refractivity (Wildman–Crippen MR) is 117 cm³/mol. The number of carbonyl (C=O) groups is 2. The molecular formula is C22H23ClN2O4S. The van der Waals surface area contributed by atoms with Gasteiger partial charge in [-0.25, -0.2) is 8.42 Å². The summed E-state index contributed by atoms with van der Waals surface area (Å²) in [5, 5.41) is 2.16. The van der Waals surface area contributed by atoms with Crippen LogP contribution in [0.4, 0.5) is 11.4 Å². The van der Waals surface area contributed by atoms with Crippen molar-refractivity contribution in [1.82, 2.24) is 0 Å². The molecule has 1 unspecified atom stereocenters. The minimum absolute atomic E-state index is 0.121. The fourth-order valence-electron chi connectivity index (χ4n) is 3.70. The average molecular weight is 447 g/mol. The van der Waals surface area contributed by atoms with Crippen molar-refractivity contribution in [2.24, 2.45) is 5.92 Å². The van der Waals surface area contributed by atoms with Crippen molar-refractivity contribution in [3.8, 4) is 0 Å². The van der Waals surface area contributed by atoms with Crippen molar-refractivity contribution in [2.75, 3.05) is 16.8 Å². The fourth-order valence-corrected chi connectivity index (χ4v) is 5.28. The van der Waals surface area contributed by atoms with Crippen LogP contribution < -0.4 is 10.2 Å². The molecule has 30 heavy (non-hydrogen) atoms. The van der Waals surface area contributed by atoms with Crippen molar-refractivity contribution in [3.05, 3.63) is 53.1 Å². The van der Waals surface area contributed by atoms with E-state index >= 15 is 0 Å². The summed E-state index contributed by atoms with van der Waals surface area (Å²) >= 11 is 6.04. The van der Waals surface area contributed by atoms with Gasteiger partial charge in [-0.05, 0) is 62.1 Å². The molecule has 6 nitrogen and oxygen atoms in total. The Hall–Kier alpha value is -2.38. The third kappa shape index (κ3) is 4.09. The van der Waals surface area contributed by atoms with Crippen LogP contribution in [0.3, 0.4) is 0 Å². The van der Waals surface area contributed by atoms with Crippen LogP contribution in [0, 0.1) is 5.92 Å². The first-order chi connectivity index (χ1) is 14.3. The summed E-state index contributed by atoms with van der Waals surface area (Å²) in [6.45, 7) is 2.11. The van der Waals surface area contributed by atoms with Gasteiger partial charge in [0.25, 0.3) is 0 Å². The summed E-state index contributed by atoms with van der Waals surface area (Å²) in [5.41, 5.74) is 2.11. The SMILES string of the molecule is CC(CC(=O)Nc1ccccc1Cl)S(=O)(=O)c1ccc2c(c1)CCN2C(=O)C1CC1. The van der Waals surface area contributed by atoms with Crippen LogP contribution >= 0.6 is 11.6 Å². The summed E-state index contributed by atoms with van der Waals surface area (Å²) in [6, 6.07) is 11.7. The van der Waals surface area contributed by atoms with Gasteiger partial charge in [-0.15, -0.1) is 0 Å². The van der Waals surface area contributed by atoms with Gasteiger partial charge in [-0.1, -0.05) is 23.7 Å². The van der Waals surface area contributed by atoms with E-state index in [9.17, 15) is 18.0 Å². The number of carbonyl (C=O) groups excluding carboxylic acids is 2. The molecule has 8 heteroatoms. The lowest BCUT2D eigenvalue weighted by molar-refractivity contribution is -0.119. The van der Waals surface area contributed by atoms with Crippen molar-refractivity contribution in [3.63, 3.8) is 0 Å². The lowest BCUT2D eigenvalue weighted by atomic mass is 10.2. The summed E-state index contributed by atoms with van der Waals surface area (Å²) < 4.78 is 26.1. The molecule has 2 aromatic rings. The molecule has 1 aliphatic carbocycles. The number of nitrogens with zero attached hydrogens (tertiary/aromatic N) is 1. The molecule has 158 valence electrons. The first-order valence-electron chi connectivity index (χ1n) is 10.00. The van der Waals surface area contributed by atoms with Crippen LogP contribution in [-0.2, 0) is 25.8 Å². The third-order valence-electron chi connectivity index (χ3n) is 5.62. The van der Waals surface area contributed by atoms with Crippen molar-refractivity contribution >= 4 is 44.6 Å². The zero-order valence-electron chi connectivity index (χ0n) is 16.6. The van der Waals surface area contributed by atoms with Gasteiger partial charge >= 0.3 is 0 Å². The van der Waals surface area contributed by atoms with Gasteiger partial charge in [0.05, 0.1) is 20.9 Å². The molecule has 2 amide bonds. The lowest BCUT2D eigenvalue weighted by Crippen LogP contribution is -2.30. The van der Waals surface area contributed by atoms with Gasteiger partial charge < -0.3 is 10.2 Å². The van der Waals surface area contributed by atoms with E-state index in [4.69, 9.17) is 11.6 Å². The molecule has 0 spiro atoms. The van der Waals surface area contributed by atoms with Gasteiger partial charge in [0.15, 0.2) is 9.84 Å². The molecule has 0 aromatic heterocycles. The molecule has 4 rings (SSSR count). The summed E-state index contributed by atoms with van der Waals surface area (Å²) in [7, 11) is -3.70. The number of para-hydroxylation sites is 1. The van der Waals surface area contributed by atoms with Crippen LogP contribution in [-0.4, -0.2) is 32.0 Å². The molecule has 2 aliphatic rings. The van der Waals surface area contributed by atoms with Gasteiger partial charge in [-0.2, -0.15) is 0 Å². The van der Waals surface area contributed by atoms with Crippen LogP contribution in [0.25, 0.3) is 0 Å². The number of rotatable bonds is 6. The number of fused-ring (bicyclic) bond motifs is 1. The zero-order chi connectivity index (χ0) is 21.5. The first-order valence-corrected chi connectivity index (χ1v) is 11.9. The van der Waals surface area contributed by atoms with Gasteiger partial charge in [0, 0.05) is 24.6 Å². The minimum Gasteiger partial charge on any atom is -0.325 e. The smallest absolute Gasteiger partial charge is 0.230 e. The molecule has 0 radical (unpaired) electrons. The van der Waals surface area contributed by atoms with E-state index < -0.39 is 21.0 Å². The number of halogens is 1. The van der Waals surface area contributed by atoms with E-state index in [1.807, 2.05) is 0 Å². The Bertz CT molecular complexity index is 1110. The van der Waals surface area contributed by atoms with Crippen molar-refractivity contribution in [1.29, 1.82) is 0 Å². The van der Waals surface area contributed by atoms with Crippen molar-refractivity contribution in [2.45, 2.75) is 42.8 Å². The van der Waals surface area contributed by atoms with Crippen LogP contribution in [0.15, 0.2) is 47.4 Å². The lowest BCUT2D eigenvalue weighted by Gasteiger charge is -2.18. The molecular weight excluding hydrogens is 424 g/mol. The highest BCUT2D eigenvalue weighted by Crippen LogP contribution is 2.37. The number of sulfone groups is 1. The van der Waals surface area contributed by atoms with Gasteiger partial charge in [0.2, 0.25) is 11.8 Å². The molecule has 1 fully saturated rings. The quantitative estimate of drug-likeness (QED) is 0.730. The Morgan fingerprint density at radius 3 is 2.63 bits per heavy atom. The Morgan fingerprint density at radius 2 is 1.93 bits per heavy atom.